The molecule has 19 heavy (non-hydrogen) atoms. The number of methoxy groups -OCH3 is 1. The summed E-state index contributed by atoms with van der Waals surface area (Å²) in [6.45, 7) is 2.87. The van der Waals surface area contributed by atoms with Crippen molar-refractivity contribution in [2.45, 2.75) is 31.8 Å². The van der Waals surface area contributed by atoms with E-state index in [0.717, 1.165) is 13.0 Å². The predicted octanol–water partition coefficient (Wildman–Crippen LogP) is 1.84. The van der Waals surface area contributed by atoms with Crippen LogP contribution in [0.4, 0.5) is 0 Å². The molecule has 1 unspecified atom stereocenters. The highest BCUT2D eigenvalue weighted by molar-refractivity contribution is 5.78. The highest BCUT2D eigenvalue weighted by atomic mass is 16.5. The Hall–Kier alpha value is -1.75. The summed E-state index contributed by atoms with van der Waals surface area (Å²) in [5.74, 6) is -0.314. The maximum absolute atomic E-state index is 11.4. The van der Waals surface area contributed by atoms with Crippen molar-refractivity contribution >= 4 is 5.97 Å². The number of hydrogen-bond donors (Lipinski definition) is 2. The minimum Gasteiger partial charge on any atom is -0.504 e. The summed E-state index contributed by atoms with van der Waals surface area (Å²) in [7, 11) is 1.50. The van der Waals surface area contributed by atoms with E-state index in [1.54, 1.807) is 25.1 Å². The fraction of sp³-hybridized carbons (Fsp3) is 0.500. The van der Waals surface area contributed by atoms with Crippen LogP contribution in [0.2, 0.25) is 0 Å². The summed E-state index contributed by atoms with van der Waals surface area (Å²) in [6, 6.07) is 5.26. The first kappa shape index (κ1) is 13.7. The van der Waals surface area contributed by atoms with Gasteiger partial charge in [0.1, 0.15) is 5.54 Å². The van der Waals surface area contributed by atoms with Gasteiger partial charge in [0, 0.05) is 12.1 Å². The van der Waals surface area contributed by atoms with E-state index in [4.69, 9.17) is 4.74 Å². The van der Waals surface area contributed by atoms with E-state index in [1.807, 2.05) is 4.90 Å². The van der Waals surface area contributed by atoms with Crippen LogP contribution in [0.25, 0.3) is 0 Å². The van der Waals surface area contributed by atoms with Gasteiger partial charge in [0.15, 0.2) is 11.5 Å². The molecule has 2 rings (SSSR count). The number of likely N-dealkylation sites (tertiary alicyclic amines) is 1. The van der Waals surface area contributed by atoms with Crippen LogP contribution >= 0.6 is 0 Å². The fourth-order valence-corrected chi connectivity index (χ4v) is 2.58. The van der Waals surface area contributed by atoms with Crippen molar-refractivity contribution in [2.24, 2.45) is 0 Å². The molecule has 1 saturated heterocycles. The maximum Gasteiger partial charge on any atom is 0.323 e. The van der Waals surface area contributed by atoms with Crippen molar-refractivity contribution in [3.8, 4) is 11.5 Å². The third-order valence-corrected chi connectivity index (χ3v) is 3.91. The molecule has 1 aromatic rings. The lowest BCUT2D eigenvalue weighted by atomic mass is 9.98. The van der Waals surface area contributed by atoms with Gasteiger partial charge in [-0.25, -0.2) is 0 Å². The van der Waals surface area contributed by atoms with Crippen molar-refractivity contribution in [2.75, 3.05) is 13.7 Å². The first-order chi connectivity index (χ1) is 8.99. The van der Waals surface area contributed by atoms with Gasteiger partial charge in [0.25, 0.3) is 0 Å². The summed E-state index contributed by atoms with van der Waals surface area (Å²) in [5, 5.41) is 19.4. The van der Waals surface area contributed by atoms with E-state index in [2.05, 4.69) is 0 Å². The lowest BCUT2D eigenvalue weighted by Gasteiger charge is -2.31. The topological polar surface area (TPSA) is 70.0 Å². The van der Waals surface area contributed by atoms with Crippen LogP contribution < -0.4 is 4.74 Å². The molecule has 104 valence electrons. The highest BCUT2D eigenvalue weighted by Gasteiger charge is 2.43. The van der Waals surface area contributed by atoms with Crippen LogP contribution in [0, 0.1) is 0 Å². The maximum atomic E-state index is 11.4. The molecule has 1 fully saturated rings. The Bertz CT molecular complexity index is 488. The van der Waals surface area contributed by atoms with Gasteiger partial charge < -0.3 is 14.9 Å². The molecule has 1 heterocycles. The summed E-state index contributed by atoms with van der Waals surface area (Å²) in [6.07, 6.45) is 1.49. The van der Waals surface area contributed by atoms with E-state index < -0.39 is 11.5 Å². The largest absolute Gasteiger partial charge is 0.504 e. The number of carbonyl (C=O) groups is 1. The number of phenolic OH excluding ortho intramolecular Hbond substituents is 1. The second kappa shape index (κ2) is 5.09. The molecule has 5 nitrogen and oxygen atoms in total. The van der Waals surface area contributed by atoms with Crippen LogP contribution in [0.1, 0.15) is 25.3 Å². The van der Waals surface area contributed by atoms with Gasteiger partial charge in [-0.05, 0) is 32.4 Å². The number of aromatic hydroxyl groups is 1. The Morgan fingerprint density at radius 2 is 2.26 bits per heavy atom. The van der Waals surface area contributed by atoms with Crippen LogP contribution in [0.5, 0.6) is 11.5 Å². The quantitative estimate of drug-likeness (QED) is 0.869. The summed E-state index contributed by atoms with van der Waals surface area (Å²) < 4.78 is 5.06. The summed E-state index contributed by atoms with van der Waals surface area (Å²) in [5.41, 5.74) is -0.163. The van der Waals surface area contributed by atoms with E-state index in [-0.39, 0.29) is 5.75 Å². The first-order valence-corrected chi connectivity index (χ1v) is 6.32. The predicted molar refractivity (Wildman–Crippen MR) is 70.3 cm³/mol. The Morgan fingerprint density at radius 3 is 2.89 bits per heavy atom. The molecule has 2 N–H and O–H groups in total. The smallest absolute Gasteiger partial charge is 0.323 e. The monoisotopic (exact) mass is 265 g/mol. The number of carboxylic acids is 1. The van der Waals surface area contributed by atoms with Crippen LogP contribution in [0.15, 0.2) is 18.2 Å². The molecule has 1 aliphatic heterocycles. The minimum atomic E-state index is -0.852. The lowest BCUT2D eigenvalue weighted by Crippen LogP contribution is -2.47. The number of benzene rings is 1. The molecule has 0 bridgehead atoms. The number of rotatable bonds is 4. The van der Waals surface area contributed by atoms with Crippen LogP contribution in [-0.2, 0) is 11.3 Å². The van der Waals surface area contributed by atoms with Crippen molar-refractivity contribution in [1.82, 2.24) is 4.90 Å². The molecule has 0 saturated carbocycles. The first-order valence-electron chi connectivity index (χ1n) is 6.32. The molecule has 1 atom stereocenters. The third-order valence-electron chi connectivity index (χ3n) is 3.91. The van der Waals surface area contributed by atoms with Crippen molar-refractivity contribution < 1.29 is 19.7 Å². The molecule has 1 aromatic carbocycles. The zero-order chi connectivity index (χ0) is 14.0. The average Bonchev–Trinajstić information content (AvgIpc) is 2.75. The molecule has 0 amide bonds. The van der Waals surface area contributed by atoms with Crippen molar-refractivity contribution in [3.05, 3.63) is 23.8 Å². The summed E-state index contributed by atoms with van der Waals surface area (Å²) >= 11 is 0. The van der Waals surface area contributed by atoms with Crippen LogP contribution in [-0.4, -0.2) is 40.3 Å². The van der Waals surface area contributed by atoms with Gasteiger partial charge in [0.2, 0.25) is 0 Å². The van der Waals surface area contributed by atoms with Crippen molar-refractivity contribution in [1.29, 1.82) is 0 Å². The molecular formula is C14H19NO4. The number of hydrogen-bond acceptors (Lipinski definition) is 4. The number of para-hydroxylation sites is 1. The Labute approximate surface area is 112 Å². The number of ether oxygens (including phenoxy) is 1. The Balaban J connectivity index is 2.24. The second-order valence-corrected chi connectivity index (χ2v) is 5.07. The van der Waals surface area contributed by atoms with Gasteiger partial charge in [-0.1, -0.05) is 12.1 Å². The molecular weight excluding hydrogens is 246 g/mol. The minimum absolute atomic E-state index is 0.0876. The lowest BCUT2D eigenvalue weighted by molar-refractivity contribution is -0.148. The zero-order valence-electron chi connectivity index (χ0n) is 11.2. The van der Waals surface area contributed by atoms with Crippen LogP contribution in [0.3, 0.4) is 0 Å². The normalized spacial score (nSPS) is 23.5. The fourth-order valence-electron chi connectivity index (χ4n) is 2.58. The molecule has 1 aliphatic rings. The Morgan fingerprint density at radius 1 is 1.53 bits per heavy atom. The standard InChI is InChI=1S/C14H19NO4/c1-14(13(17)18)7-4-8-15(14)9-10-5-3-6-11(19-2)12(10)16/h3,5-6,16H,4,7-9H2,1-2H3,(H,17,18). The van der Waals surface area contributed by atoms with E-state index in [0.29, 0.717) is 24.3 Å². The number of carboxylic acid groups (broad SMARTS) is 1. The molecule has 0 aromatic heterocycles. The molecule has 5 heteroatoms. The average molecular weight is 265 g/mol. The van der Waals surface area contributed by atoms with E-state index >= 15 is 0 Å². The van der Waals surface area contributed by atoms with E-state index in [9.17, 15) is 15.0 Å². The van der Waals surface area contributed by atoms with E-state index in [1.165, 1.54) is 7.11 Å². The number of nitrogens with zero attached hydrogens (tertiary/aromatic N) is 1. The van der Waals surface area contributed by atoms with Gasteiger partial charge in [-0.2, -0.15) is 0 Å². The number of aliphatic carboxylic acids is 1. The Kier molecular flexibility index (Phi) is 3.66. The zero-order valence-corrected chi connectivity index (χ0v) is 11.2. The van der Waals surface area contributed by atoms with Gasteiger partial charge >= 0.3 is 5.97 Å². The van der Waals surface area contributed by atoms with Gasteiger partial charge in [-0.15, -0.1) is 0 Å². The third kappa shape index (κ3) is 2.38. The van der Waals surface area contributed by atoms with Crippen molar-refractivity contribution in [3.63, 3.8) is 0 Å². The molecule has 0 aliphatic carbocycles. The second-order valence-electron chi connectivity index (χ2n) is 5.07. The molecule has 0 spiro atoms. The summed E-state index contributed by atoms with van der Waals surface area (Å²) in [4.78, 5) is 13.3. The highest BCUT2D eigenvalue weighted by Crippen LogP contribution is 2.35. The molecule has 0 radical (unpaired) electrons. The number of phenols is 1. The SMILES string of the molecule is COc1cccc(CN2CCCC2(C)C(=O)O)c1O. The van der Waals surface area contributed by atoms with Gasteiger partial charge in [-0.3, -0.25) is 9.69 Å². The van der Waals surface area contributed by atoms with Gasteiger partial charge in [0.05, 0.1) is 7.11 Å².